The fourth-order valence-corrected chi connectivity index (χ4v) is 2.95. The Hall–Kier alpha value is -2.21. The van der Waals surface area contributed by atoms with Crippen LogP contribution < -0.4 is 10.1 Å². The van der Waals surface area contributed by atoms with E-state index in [4.69, 9.17) is 4.74 Å². The smallest absolute Gasteiger partial charge is 0.193 e. The first kappa shape index (κ1) is 22.1. The highest BCUT2D eigenvalue weighted by Gasteiger charge is 2.09. The largest absolute Gasteiger partial charge is 0.491 e. The number of aliphatic hydroxyl groups excluding tert-OH is 1. The van der Waals surface area contributed by atoms with E-state index in [1.165, 1.54) is 0 Å². The molecule has 0 aromatic heterocycles. The number of aliphatic hydroxyl groups is 1. The Morgan fingerprint density at radius 1 is 1.04 bits per heavy atom. The van der Waals surface area contributed by atoms with E-state index in [1.807, 2.05) is 18.2 Å². The van der Waals surface area contributed by atoms with Gasteiger partial charge in [-0.15, -0.1) is 0 Å². The highest BCUT2D eigenvalue weighted by molar-refractivity contribution is 6.08. The summed E-state index contributed by atoms with van der Waals surface area (Å²) < 4.78 is 5.63. The molecular weight excluding hydrogens is 352 g/mol. The van der Waals surface area contributed by atoms with Gasteiger partial charge < -0.3 is 20.1 Å². The molecule has 1 atom stereocenters. The second kappa shape index (κ2) is 12.3. The van der Waals surface area contributed by atoms with Crippen LogP contribution in [0.5, 0.6) is 5.75 Å². The summed E-state index contributed by atoms with van der Waals surface area (Å²) >= 11 is 0. The number of nitrogens with zero attached hydrogens (tertiary/aromatic N) is 1. The lowest BCUT2D eigenvalue weighted by atomic mass is 10.0. The normalized spacial score (nSPS) is 12.1. The molecule has 1 unspecified atom stereocenters. The van der Waals surface area contributed by atoms with Gasteiger partial charge in [-0.3, -0.25) is 4.79 Å². The van der Waals surface area contributed by atoms with Crippen LogP contribution in [0.2, 0.25) is 0 Å². The van der Waals surface area contributed by atoms with Gasteiger partial charge in [-0.05, 0) is 56.9 Å². The first-order valence-electron chi connectivity index (χ1n) is 10.1. The van der Waals surface area contributed by atoms with Crippen molar-refractivity contribution in [3.63, 3.8) is 0 Å². The summed E-state index contributed by atoms with van der Waals surface area (Å²) in [7, 11) is 0. The number of ketones is 1. The number of nitrogens with one attached hydrogen (secondary N) is 1. The third-order valence-corrected chi connectivity index (χ3v) is 4.70. The molecule has 2 aromatic carbocycles. The third kappa shape index (κ3) is 7.43. The van der Waals surface area contributed by atoms with Gasteiger partial charge in [0.05, 0.1) is 0 Å². The lowest BCUT2D eigenvalue weighted by Crippen LogP contribution is -2.33. The standard InChI is InChI=1S/C23H32N2O3/c1-3-25(4-2)16-8-15-24-17-21(26)18-28-22-13-11-20(12-14-22)23(27)19-9-6-5-7-10-19/h5-7,9-14,21,24,26H,3-4,8,15-18H2,1-2H3. The number of ether oxygens (including phenoxy) is 1. The van der Waals surface area contributed by atoms with Crippen LogP contribution in [0.15, 0.2) is 54.6 Å². The number of benzene rings is 2. The average molecular weight is 385 g/mol. The van der Waals surface area contributed by atoms with E-state index in [2.05, 4.69) is 24.1 Å². The van der Waals surface area contributed by atoms with Crippen molar-refractivity contribution >= 4 is 5.78 Å². The number of hydrogen-bond donors (Lipinski definition) is 2. The molecule has 0 aliphatic carbocycles. The Morgan fingerprint density at radius 2 is 1.68 bits per heavy atom. The Labute approximate surface area is 168 Å². The Morgan fingerprint density at radius 3 is 2.32 bits per heavy atom. The predicted octanol–water partition coefficient (Wildman–Crippen LogP) is 2.98. The predicted molar refractivity (Wildman–Crippen MR) is 113 cm³/mol. The quantitative estimate of drug-likeness (QED) is 0.411. The summed E-state index contributed by atoms with van der Waals surface area (Å²) in [5.41, 5.74) is 1.28. The maximum Gasteiger partial charge on any atom is 0.193 e. The second-order valence-corrected chi connectivity index (χ2v) is 6.77. The SMILES string of the molecule is CCN(CC)CCCNCC(O)COc1ccc(C(=O)c2ccccc2)cc1. The second-order valence-electron chi connectivity index (χ2n) is 6.77. The van der Waals surface area contributed by atoms with Gasteiger partial charge in [0.1, 0.15) is 18.5 Å². The Kier molecular flexibility index (Phi) is 9.69. The highest BCUT2D eigenvalue weighted by atomic mass is 16.5. The zero-order valence-electron chi connectivity index (χ0n) is 16.9. The van der Waals surface area contributed by atoms with Crippen molar-refractivity contribution in [3.8, 4) is 5.75 Å². The number of rotatable bonds is 13. The van der Waals surface area contributed by atoms with Crippen molar-refractivity contribution in [3.05, 3.63) is 65.7 Å². The molecule has 0 heterocycles. The minimum atomic E-state index is -0.570. The van der Waals surface area contributed by atoms with Gasteiger partial charge in [0, 0.05) is 17.7 Å². The first-order chi connectivity index (χ1) is 13.6. The van der Waals surface area contributed by atoms with Crippen LogP contribution >= 0.6 is 0 Å². The molecule has 0 radical (unpaired) electrons. The zero-order valence-corrected chi connectivity index (χ0v) is 16.9. The van der Waals surface area contributed by atoms with E-state index in [0.29, 0.717) is 23.4 Å². The van der Waals surface area contributed by atoms with Crippen molar-refractivity contribution in [2.24, 2.45) is 0 Å². The highest BCUT2D eigenvalue weighted by Crippen LogP contribution is 2.15. The number of carbonyl (C=O) groups is 1. The van der Waals surface area contributed by atoms with Gasteiger partial charge in [0.15, 0.2) is 5.78 Å². The molecule has 0 amide bonds. The lowest BCUT2D eigenvalue weighted by Gasteiger charge is -2.18. The van der Waals surface area contributed by atoms with Gasteiger partial charge in [0.25, 0.3) is 0 Å². The van der Waals surface area contributed by atoms with Gasteiger partial charge in [-0.1, -0.05) is 44.2 Å². The summed E-state index contributed by atoms with van der Waals surface area (Å²) in [6.45, 7) is 9.15. The summed E-state index contributed by atoms with van der Waals surface area (Å²) in [5.74, 6) is 0.631. The molecule has 152 valence electrons. The minimum absolute atomic E-state index is 0.0129. The molecule has 2 rings (SSSR count). The molecule has 0 saturated heterocycles. The van der Waals surface area contributed by atoms with Gasteiger partial charge in [-0.2, -0.15) is 0 Å². The molecule has 0 aliphatic rings. The molecule has 0 saturated carbocycles. The van der Waals surface area contributed by atoms with Crippen LogP contribution in [0.25, 0.3) is 0 Å². The molecule has 2 aromatic rings. The molecular formula is C23H32N2O3. The van der Waals surface area contributed by atoms with Crippen molar-refractivity contribution in [1.29, 1.82) is 0 Å². The van der Waals surface area contributed by atoms with E-state index < -0.39 is 6.10 Å². The summed E-state index contributed by atoms with van der Waals surface area (Å²) in [6.07, 6.45) is 0.491. The van der Waals surface area contributed by atoms with Crippen molar-refractivity contribution in [1.82, 2.24) is 10.2 Å². The molecule has 0 aliphatic heterocycles. The fourth-order valence-electron chi connectivity index (χ4n) is 2.95. The van der Waals surface area contributed by atoms with Crippen molar-refractivity contribution < 1.29 is 14.6 Å². The molecule has 5 heteroatoms. The van der Waals surface area contributed by atoms with Gasteiger partial charge in [-0.25, -0.2) is 0 Å². The third-order valence-electron chi connectivity index (χ3n) is 4.70. The van der Waals surface area contributed by atoms with Gasteiger partial charge >= 0.3 is 0 Å². The maximum atomic E-state index is 12.4. The number of carbonyl (C=O) groups excluding carboxylic acids is 1. The Bertz CT molecular complexity index is 685. The molecule has 0 spiro atoms. The molecule has 28 heavy (non-hydrogen) atoms. The fraction of sp³-hybridized carbons (Fsp3) is 0.435. The van der Waals surface area contributed by atoms with E-state index in [-0.39, 0.29) is 12.4 Å². The van der Waals surface area contributed by atoms with E-state index in [0.717, 1.165) is 32.6 Å². The maximum absolute atomic E-state index is 12.4. The van der Waals surface area contributed by atoms with Crippen LogP contribution in [0, 0.1) is 0 Å². The first-order valence-corrected chi connectivity index (χ1v) is 10.1. The Balaban J connectivity index is 1.68. The van der Waals surface area contributed by atoms with Crippen LogP contribution in [0.3, 0.4) is 0 Å². The van der Waals surface area contributed by atoms with Crippen LogP contribution in [0.1, 0.15) is 36.2 Å². The molecule has 0 bridgehead atoms. The molecule has 0 fully saturated rings. The van der Waals surface area contributed by atoms with Crippen LogP contribution in [0.4, 0.5) is 0 Å². The van der Waals surface area contributed by atoms with E-state index >= 15 is 0 Å². The monoisotopic (exact) mass is 384 g/mol. The van der Waals surface area contributed by atoms with Crippen molar-refractivity contribution in [2.75, 3.05) is 39.3 Å². The average Bonchev–Trinajstić information content (AvgIpc) is 2.75. The summed E-state index contributed by atoms with van der Waals surface area (Å²) in [6, 6.07) is 16.2. The zero-order chi connectivity index (χ0) is 20.2. The lowest BCUT2D eigenvalue weighted by molar-refractivity contribution is 0.103. The van der Waals surface area contributed by atoms with Crippen LogP contribution in [-0.4, -0.2) is 61.2 Å². The minimum Gasteiger partial charge on any atom is -0.491 e. The molecule has 2 N–H and O–H groups in total. The van der Waals surface area contributed by atoms with Crippen molar-refractivity contribution in [2.45, 2.75) is 26.4 Å². The molecule has 5 nitrogen and oxygen atoms in total. The van der Waals surface area contributed by atoms with E-state index in [1.54, 1.807) is 36.4 Å². The van der Waals surface area contributed by atoms with Gasteiger partial charge in [0.2, 0.25) is 0 Å². The topological polar surface area (TPSA) is 61.8 Å². The van der Waals surface area contributed by atoms with E-state index in [9.17, 15) is 9.90 Å². The van der Waals surface area contributed by atoms with Crippen LogP contribution in [-0.2, 0) is 0 Å². The summed E-state index contributed by atoms with van der Waals surface area (Å²) in [5, 5.41) is 13.3. The summed E-state index contributed by atoms with van der Waals surface area (Å²) in [4.78, 5) is 14.8. The number of hydrogen-bond acceptors (Lipinski definition) is 5.